The lowest BCUT2D eigenvalue weighted by Gasteiger charge is -2.08. The van der Waals surface area contributed by atoms with Gasteiger partial charge in [-0.2, -0.15) is 0 Å². The van der Waals surface area contributed by atoms with E-state index < -0.39 is 5.97 Å². The van der Waals surface area contributed by atoms with Crippen LogP contribution in [-0.4, -0.2) is 19.7 Å². The minimum atomic E-state index is -0.425. The Labute approximate surface area is 121 Å². The molecule has 0 radical (unpaired) electrons. The molecule has 0 aliphatic carbocycles. The van der Waals surface area contributed by atoms with Crippen molar-refractivity contribution >= 4 is 17.6 Å². The van der Waals surface area contributed by atoms with Crippen molar-refractivity contribution in [3.63, 3.8) is 0 Å². The summed E-state index contributed by atoms with van der Waals surface area (Å²) < 4.78 is 15.3. The average Bonchev–Trinajstić information content (AvgIpc) is 2.48. The van der Waals surface area contributed by atoms with E-state index in [2.05, 4.69) is 4.74 Å². The van der Waals surface area contributed by atoms with Gasteiger partial charge in [0.2, 0.25) is 0 Å². The molecule has 0 heterocycles. The smallest absolute Gasteiger partial charge is 0.343 e. The van der Waals surface area contributed by atoms with Crippen molar-refractivity contribution in [1.82, 2.24) is 0 Å². The predicted octanol–water partition coefficient (Wildman–Crippen LogP) is 3.68. The molecular weight excluding hydrogens is 280 g/mol. The highest BCUT2D eigenvalue weighted by atomic mass is 35.5. The molecule has 0 saturated carbocycles. The van der Waals surface area contributed by atoms with E-state index in [4.69, 9.17) is 21.1 Å². The van der Waals surface area contributed by atoms with Crippen molar-refractivity contribution in [2.45, 2.75) is 0 Å². The van der Waals surface area contributed by atoms with E-state index in [0.29, 0.717) is 22.3 Å². The second-order valence-electron chi connectivity index (χ2n) is 3.89. The Balaban J connectivity index is 1.94. The number of esters is 1. The summed E-state index contributed by atoms with van der Waals surface area (Å²) in [5, 5.41) is 0.656. The van der Waals surface area contributed by atoms with Crippen LogP contribution in [0.4, 0.5) is 0 Å². The SMILES string of the molecule is COC(=O)COc1ccc(Oc2ccc(Cl)cc2)cc1. The number of hydrogen-bond acceptors (Lipinski definition) is 4. The summed E-state index contributed by atoms with van der Waals surface area (Å²) in [6.45, 7) is -0.117. The van der Waals surface area contributed by atoms with Gasteiger partial charge in [-0.05, 0) is 48.5 Å². The molecule has 2 aromatic rings. The third-order valence-electron chi connectivity index (χ3n) is 2.46. The zero-order chi connectivity index (χ0) is 14.4. The highest BCUT2D eigenvalue weighted by Gasteiger charge is 2.02. The minimum Gasteiger partial charge on any atom is -0.482 e. The van der Waals surface area contributed by atoms with Crippen LogP contribution in [0.15, 0.2) is 48.5 Å². The maximum absolute atomic E-state index is 10.9. The first kappa shape index (κ1) is 14.2. The number of carbonyl (C=O) groups excluding carboxylic acids is 1. The van der Waals surface area contributed by atoms with E-state index in [1.54, 1.807) is 48.5 Å². The molecule has 0 N–H and O–H groups in total. The molecule has 0 bridgehead atoms. The zero-order valence-electron chi connectivity index (χ0n) is 10.8. The maximum atomic E-state index is 10.9. The third-order valence-corrected chi connectivity index (χ3v) is 2.71. The molecule has 0 atom stereocenters. The van der Waals surface area contributed by atoms with Crippen LogP contribution in [0.25, 0.3) is 0 Å². The van der Waals surface area contributed by atoms with Crippen LogP contribution in [0.5, 0.6) is 17.2 Å². The molecule has 5 heteroatoms. The number of carbonyl (C=O) groups is 1. The summed E-state index contributed by atoms with van der Waals surface area (Å²) >= 11 is 5.80. The Morgan fingerprint density at radius 3 is 2.00 bits per heavy atom. The van der Waals surface area contributed by atoms with Crippen molar-refractivity contribution in [2.24, 2.45) is 0 Å². The molecule has 0 aromatic heterocycles. The molecule has 2 rings (SSSR count). The second kappa shape index (κ2) is 6.82. The van der Waals surface area contributed by atoms with Gasteiger partial charge in [-0.3, -0.25) is 0 Å². The van der Waals surface area contributed by atoms with Crippen molar-refractivity contribution in [3.8, 4) is 17.2 Å². The van der Waals surface area contributed by atoms with Crippen molar-refractivity contribution in [2.75, 3.05) is 13.7 Å². The summed E-state index contributed by atoms with van der Waals surface area (Å²) in [4.78, 5) is 10.9. The van der Waals surface area contributed by atoms with E-state index in [0.717, 1.165) is 0 Å². The van der Waals surface area contributed by atoms with Gasteiger partial charge >= 0.3 is 5.97 Å². The molecule has 0 spiro atoms. The Morgan fingerprint density at radius 1 is 0.950 bits per heavy atom. The molecule has 0 fully saturated rings. The summed E-state index contributed by atoms with van der Waals surface area (Å²) in [6, 6.07) is 14.0. The van der Waals surface area contributed by atoms with Gasteiger partial charge in [-0.25, -0.2) is 4.79 Å². The Kier molecular flexibility index (Phi) is 4.85. The normalized spacial score (nSPS) is 9.90. The lowest BCUT2D eigenvalue weighted by atomic mass is 10.3. The lowest BCUT2D eigenvalue weighted by Crippen LogP contribution is -2.12. The number of benzene rings is 2. The van der Waals surface area contributed by atoms with Gasteiger partial charge in [-0.15, -0.1) is 0 Å². The average molecular weight is 293 g/mol. The van der Waals surface area contributed by atoms with Gasteiger partial charge in [0, 0.05) is 5.02 Å². The second-order valence-corrected chi connectivity index (χ2v) is 4.33. The van der Waals surface area contributed by atoms with E-state index in [-0.39, 0.29) is 6.61 Å². The fourth-order valence-electron chi connectivity index (χ4n) is 1.44. The summed E-state index contributed by atoms with van der Waals surface area (Å²) in [5.41, 5.74) is 0. The molecule has 0 saturated heterocycles. The zero-order valence-corrected chi connectivity index (χ0v) is 11.6. The largest absolute Gasteiger partial charge is 0.482 e. The topological polar surface area (TPSA) is 44.8 Å². The fourth-order valence-corrected chi connectivity index (χ4v) is 1.57. The van der Waals surface area contributed by atoms with Gasteiger partial charge in [-0.1, -0.05) is 11.6 Å². The van der Waals surface area contributed by atoms with Crippen LogP contribution in [0.1, 0.15) is 0 Å². The van der Waals surface area contributed by atoms with E-state index in [1.165, 1.54) is 7.11 Å². The number of halogens is 1. The quantitative estimate of drug-likeness (QED) is 0.789. The molecule has 104 valence electrons. The summed E-state index contributed by atoms with van der Waals surface area (Å²) in [7, 11) is 1.31. The van der Waals surface area contributed by atoms with Crippen molar-refractivity contribution < 1.29 is 19.0 Å². The van der Waals surface area contributed by atoms with E-state index in [9.17, 15) is 4.79 Å². The predicted molar refractivity (Wildman–Crippen MR) is 75.5 cm³/mol. The summed E-state index contributed by atoms with van der Waals surface area (Å²) in [5.74, 6) is 1.50. The van der Waals surface area contributed by atoms with Crippen LogP contribution in [0.3, 0.4) is 0 Å². The number of hydrogen-bond donors (Lipinski definition) is 0. The van der Waals surface area contributed by atoms with Gasteiger partial charge in [0.1, 0.15) is 17.2 Å². The Bertz CT molecular complexity index is 563. The van der Waals surface area contributed by atoms with E-state index in [1.807, 2.05) is 0 Å². The maximum Gasteiger partial charge on any atom is 0.343 e. The molecular formula is C15H13ClO4. The summed E-state index contributed by atoms with van der Waals surface area (Å²) in [6.07, 6.45) is 0. The Hall–Kier alpha value is -2.20. The monoisotopic (exact) mass is 292 g/mol. The first-order chi connectivity index (χ1) is 9.67. The molecule has 2 aromatic carbocycles. The van der Waals surface area contributed by atoms with Crippen LogP contribution >= 0.6 is 11.6 Å². The van der Waals surface area contributed by atoms with Crippen molar-refractivity contribution in [1.29, 1.82) is 0 Å². The van der Waals surface area contributed by atoms with Gasteiger partial charge in [0.25, 0.3) is 0 Å². The van der Waals surface area contributed by atoms with Gasteiger partial charge < -0.3 is 14.2 Å². The highest BCUT2D eigenvalue weighted by Crippen LogP contribution is 2.24. The lowest BCUT2D eigenvalue weighted by molar-refractivity contribution is -0.142. The molecule has 0 aliphatic heterocycles. The minimum absolute atomic E-state index is 0.117. The first-order valence-corrected chi connectivity index (χ1v) is 6.28. The van der Waals surface area contributed by atoms with E-state index >= 15 is 0 Å². The molecule has 0 unspecified atom stereocenters. The standard InChI is InChI=1S/C15H13ClO4/c1-18-15(17)10-19-12-6-8-14(9-7-12)20-13-4-2-11(16)3-5-13/h2-9H,10H2,1H3. The van der Waals surface area contributed by atoms with Crippen LogP contribution in [0, 0.1) is 0 Å². The van der Waals surface area contributed by atoms with Crippen LogP contribution in [0.2, 0.25) is 5.02 Å². The molecule has 20 heavy (non-hydrogen) atoms. The molecule has 4 nitrogen and oxygen atoms in total. The molecule has 0 amide bonds. The third kappa shape index (κ3) is 4.17. The number of ether oxygens (including phenoxy) is 3. The molecule has 0 aliphatic rings. The fraction of sp³-hybridized carbons (Fsp3) is 0.133. The van der Waals surface area contributed by atoms with Crippen LogP contribution in [-0.2, 0) is 9.53 Å². The highest BCUT2D eigenvalue weighted by molar-refractivity contribution is 6.30. The Morgan fingerprint density at radius 2 is 1.45 bits per heavy atom. The number of rotatable bonds is 5. The first-order valence-electron chi connectivity index (χ1n) is 5.90. The van der Waals surface area contributed by atoms with Gasteiger partial charge in [0.05, 0.1) is 7.11 Å². The number of methoxy groups -OCH3 is 1. The van der Waals surface area contributed by atoms with Gasteiger partial charge in [0.15, 0.2) is 6.61 Å². The van der Waals surface area contributed by atoms with Crippen molar-refractivity contribution in [3.05, 3.63) is 53.6 Å². The van der Waals surface area contributed by atoms with Crippen LogP contribution < -0.4 is 9.47 Å².